The summed E-state index contributed by atoms with van der Waals surface area (Å²) in [7, 11) is 1.83. The summed E-state index contributed by atoms with van der Waals surface area (Å²) in [6.07, 6.45) is 15.7. The van der Waals surface area contributed by atoms with Crippen LogP contribution in [-0.2, 0) is 16.0 Å². The number of anilines is 1. The Morgan fingerprint density at radius 3 is 2.21 bits per heavy atom. The Balaban J connectivity index is 0.000000457. The van der Waals surface area contributed by atoms with Crippen molar-refractivity contribution in [1.29, 1.82) is 0 Å². The lowest BCUT2D eigenvalue weighted by atomic mass is 9.93. The van der Waals surface area contributed by atoms with E-state index in [1.807, 2.05) is 13.3 Å². The zero-order valence-electron chi connectivity index (χ0n) is 26.4. The quantitative estimate of drug-likeness (QED) is 0.223. The third-order valence-electron chi connectivity index (χ3n) is 7.83. The van der Waals surface area contributed by atoms with Crippen molar-refractivity contribution in [2.24, 2.45) is 11.8 Å². The molecule has 0 radical (unpaired) electrons. The lowest BCUT2D eigenvalue weighted by molar-refractivity contribution is -0.106. The van der Waals surface area contributed by atoms with E-state index >= 15 is 0 Å². The fraction of sp³-hybridized carbons (Fsp3) is 0.706. The summed E-state index contributed by atoms with van der Waals surface area (Å²) in [6, 6.07) is 6.64. The predicted octanol–water partition coefficient (Wildman–Crippen LogP) is 9.05. The number of fused-ring (bicyclic) bond motifs is 3. The van der Waals surface area contributed by atoms with Gasteiger partial charge in [-0.25, -0.2) is 0 Å². The number of carbonyl (C=O) groups is 1. The smallest absolute Gasteiger partial charge is 0.161 e. The van der Waals surface area contributed by atoms with Crippen LogP contribution in [0.15, 0.2) is 24.4 Å². The molecular formula is C34H58N2O3. The first kappa shape index (κ1) is 34.9. The molecule has 0 aliphatic carbocycles. The molecule has 0 saturated heterocycles. The van der Waals surface area contributed by atoms with E-state index in [0.29, 0.717) is 6.10 Å². The highest BCUT2D eigenvalue weighted by molar-refractivity contribution is 5.95. The minimum Gasteiger partial charge on any atom is -0.488 e. The summed E-state index contributed by atoms with van der Waals surface area (Å²) in [4.78, 5) is 16.0. The van der Waals surface area contributed by atoms with Crippen LogP contribution in [0.1, 0.15) is 112 Å². The minimum atomic E-state index is 0.486. The number of hydrogen-bond acceptors (Lipinski definition) is 5. The molecule has 0 fully saturated rings. The molecule has 0 amide bonds. The van der Waals surface area contributed by atoms with E-state index in [-0.39, 0.29) is 0 Å². The van der Waals surface area contributed by atoms with E-state index < -0.39 is 0 Å². The number of nitrogens with zero attached hydrogens (tertiary/aromatic N) is 2. The zero-order chi connectivity index (χ0) is 29.0. The molecule has 0 saturated carbocycles. The molecule has 0 spiro atoms. The van der Waals surface area contributed by atoms with Crippen molar-refractivity contribution < 1.29 is 14.3 Å². The molecule has 0 N–H and O–H groups in total. The monoisotopic (exact) mass is 542 g/mol. The number of aromatic nitrogens is 1. The average Bonchev–Trinajstić information content (AvgIpc) is 2.96. The van der Waals surface area contributed by atoms with Crippen molar-refractivity contribution in [3.8, 4) is 5.75 Å². The number of ether oxygens (including phenoxy) is 2. The van der Waals surface area contributed by atoms with Crippen molar-refractivity contribution >= 4 is 22.9 Å². The maximum atomic E-state index is 8.81. The number of aldehydes is 1. The highest BCUT2D eigenvalue weighted by Gasteiger charge is 2.22. The third kappa shape index (κ3) is 11.5. The van der Waals surface area contributed by atoms with Gasteiger partial charge in [0.2, 0.25) is 0 Å². The Hall–Kier alpha value is -2.14. The van der Waals surface area contributed by atoms with Gasteiger partial charge in [0.25, 0.3) is 0 Å². The van der Waals surface area contributed by atoms with Crippen LogP contribution >= 0.6 is 0 Å². The summed E-state index contributed by atoms with van der Waals surface area (Å²) in [5, 5.41) is 1.25. The molecule has 1 aromatic carbocycles. The van der Waals surface area contributed by atoms with Gasteiger partial charge in [-0.15, -0.1) is 0 Å². The maximum Gasteiger partial charge on any atom is 0.161 e. The summed E-state index contributed by atoms with van der Waals surface area (Å²) >= 11 is 0. The number of methoxy groups -OCH3 is 1. The molecule has 2 heterocycles. The van der Waals surface area contributed by atoms with Crippen molar-refractivity contribution in [3.63, 3.8) is 0 Å². The van der Waals surface area contributed by atoms with Gasteiger partial charge < -0.3 is 19.2 Å². The van der Waals surface area contributed by atoms with Crippen LogP contribution in [0, 0.1) is 11.8 Å². The molecule has 0 bridgehead atoms. The first-order valence-corrected chi connectivity index (χ1v) is 15.7. The molecule has 2 aromatic rings. The molecule has 3 rings (SSSR count). The van der Waals surface area contributed by atoms with E-state index in [9.17, 15) is 0 Å². The van der Waals surface area contributed by atoms with Crippen molar-refractivity contribution in [1.82, 2.24) is 4.98 Å². The Labute approximate surface area is 240 Å². The topological polar surface area (TPSA) is 51.7 Å². The second-order valence-corrected chi connectivity index (χ2v) is 10.6. The molecule has 5 nitrogen and oxygen atoms in total. The number of carbonyl (C=O) groups excluding carboxylic acids is 1. The standard InChI is InChI=1S/C22H32N2O.C10H22O.C2H4O/c1-4-7-18(8-5-2)11-12-24-13-14-25-21-16-23-20-10-9-17(6-3)15-19(20)22(21)24;1-5-8-9(6-2)10(7-3)11-4;1-2-3/h9-10,15-16,18H,4-8,11-14H2,1-3H3;9-10H,5-8H2,1-4H3;2H,1H3. The van der Waals surface area contributed by atoms with Gasteiger partial charge in [-0.05, 0) is 62.1 Å². The van der Waals surface area contributed by atoms with Gasteiger partial charge in [-0.2, -0.15) is 0 Å². The van der Waals surface area contributed by atoms with Crippen LogP contribution in [-0.4, -0.2) is 44.2 Å². The fourth-order valence-electron chi connectivity index (χ4n) is 5.76. The SMILES string of the molecule is CC=O.CCCC(CC)C(CC)OC.CCCC(CCC)CCN1CCOc2cnc3ccc(CC)cc3c21. The van der Waals surface area contributed by atoms with Gasteiger partial charge >= 0.3 is 0 Å². The molecule has 39 heavy (non-hydrogen) atoms. The molecular weight excluding hydrogens is 484 g/mol. The lowest BCUT2D eigenvalue weighted by Gasteiger charge is -2.33. The lowest BCUT2D eigenvalue weighted by Crippen LogP contribution is -2.34. The first-order valence-electron chi connectivity index (χ1n) is 15.7. The van der Waals surface area contributed by atoms with Crippen LogP contribution in [0.3, 0.4) is 0 Å². The van der Waals surface area contributed by atoms with E-state index in [4.69, 9.17) is 14.3 Å². The predicted molar refractivity (Wildman–Crippen MR) is 168 cm³/mol. The van der Waals surface area contributed by atoms with Gasteiger partial charge in [0.1, 0.15) is 12.9 Å². The maximum absolute atomic E-state index is 8.81. The Morgan fingerprint density at radius 1 is 1.00 bits per heavy atom. The summed E-state index contributed by atoms with van der Waals surface area (Å²) in [6.45, 7) is 17.8. The molecule has 1 aromatic heterocycles. The van der Waals surface area contributed by atoms with Crippen LogP contribution in [0.5, 0.6) is 5.75 Å². The third-order valence-corrected chi connectivity index (χ3v) is 7.83. The second-order valence-electron chi connectivity index (χ2n) is 10.6. The Bertz CT molecular complexity index is 901. The summed E-state index contributed by atoms with van der Waals surface area (Å²) < 4.78 is 11.3. The van der Waals surface area contributed by atoms with Crippen molar-refractivity contribution in [2.45, 2.75) is 119 Å². The fourth-order valence-corrected chi connectivity index (χ4v) is 5.76. The number of rotatable bonds is 14. The highest BCUT2D eigenvalue weighted by atomic mass is 16.5. The molecule has 1 aliphatic heterocycles. The van der Waals surface area contributed by atoms with Crippen LogP contribution in [0.4, 0.5) is 5.69 Å². The highest BCUT2D eigenvalue weighted by Crippen LogP contribution is 2.38. The Kier molecular flexibility index (Phi) is 18.5. The molecule has 222 valence electrons. The summed E-state index contributed by atoms with van der Waals surface area (Å²) in [5.41, 5.74) is 3.70. The van der Waals surface area contributed by atoms with E-state index in [1.54, 1.807) is 0 Å². The number of aryl methyl sites for hydroxylation is 1. The van der Waals surface area contributed by atoms with Gasteiger partial charge in [0.05, 0.1) is 30.0 Å². The van der Waals surface area contributed by atoms with Crippen molar-refractivity contribution in [2.75, 3.05) is 31.7 Å². The number of pyridine rings is 1. The normalized spacial score (nSPS) is 13.9. The first-order chi connectivity index (χ1) is 19.0. The Morgan fingerprint density at radius 2 is 1.67 bits per heavy atom. The van der Waals surface area contributed by atoms with Gasteiger partial charge in [0, 0.05) is 19.0 Å². The van der Waals surface area contributed by atoms with E-state index in [0.717, 1.165) is 61.9 Å². The second kappa shape index (κ2) is 20.7. The van der Waals surface area contributed by atoms with Gasteiger partial charge in [0.15, 0.2) is 5.75 Å². The van der Waals surface area contributed by atoms with Gasteiger partial charge in [-0.3, -0.25) is 4.98 Å². The molecule has 2 unspecified atom stereocenters. The molecule has 2 atom stereocenters. The van der Waals surface area contributed by atoms with Crippen LogP contribution < -0.4 is 9.64 Å². The summed E-state index contributed by atoms with van der Waals surface area (Å²) in [5.74, 6) is 2.57. The van der Waals surface area contributed by atoms with Crippen molar-refractivity contribution in [3.05, 3.63) is 30.0 Å². The van der Waals surface area contributed by atoms with E-state index in [1.165, 1.54) is 74.9 Å². The molecule has 5 heteroatoms. The minimum absolute atomic E-state index is 0.486. The number of benzene rings is 1. The zero-order valence-corrected chi connectivity index (χ0v) is 26.4. The van der Waals surface area contributed by atoms with Crippen LogP contribution in [0.2, 0.25) is 0 Å². The molecule has 1 aliphatic rings. The number of hydrogen-bond donors (Lipinski definition) is 0. The van der Waals surface area contributed by atoms with E-state index in [2.05, 4.69) is 69.6 Å². The largest absolute Gasteiger partial charge is 0.488 e. The average molecular weight is 543 g/mol. The van der Waals surface area contributed by atoms with Gasteiger partial charge in [-0.1, -0.05) is 86.1 Å². The van der Waals surface area contributed by atoms with Crippen LogP contribution in [0.25, 0.3) is 10.9 Å².